The van der Waals surface area contributed by atoms with Crippen molar-refractivity contribution in [2.45, 2.75) is 37.4 Å². The van der Waals surface area contributed by atoms with Crippen LogP contribution >= 0.6 is 9.24 Å². The highest BCUT2D eigenvalue weighted by Crippen LogP contribution is 2.30. The molecule has 6 atom stereocenters. The zero-order valence-electron chi connectivity index (χ0n) is 9.82. The summed E-state index contributed by atoms with van der Waals surface area (Å²) in [6.07, 6.45) is -4.76. The molecule has 0 amide bonds. The van der Waals surface area contributed by atoms with E-state index in [4.69, 9.17) is 4.74 Å². The summed E-state index contributed by atoms with van der Waals surface area (Å²) < 4.78 is 18.4. The Morgan fingerprint density at radius 2 is 2.00 bits per heavy atom. The molecule has 1 aromatic carbocycles. The number of halogens is 1. The number of benzene rings is 1. The van der Waals surface area contributed by atoms with Crippen molar-refractivity contribution >= 4 is 14.5 Å². The van der Waals surface area contributed by atoms with Gasteiger partial charge in [-0.3, -0.25) is 0 Å². The Morgan fingerprint density at radius 1 is 1.33 bits per heavy atom. The van der Waals surface area contributed by atoms with Gasteiger partial charge in [-0.05, 0) is 24.6 Å². The average Bonchev–Trinajstić information content (AvgIpc) is 2.60. The van der Waals surface area contributed by atoms with E-state index in [0.29, 0.717) is 10.9 Å². The van der Waals surface area contributed by atoms with Gasteiger partial charge < -0.3 is 20.1 Å². The molecule has 1 aromatic rings. The third kappa shape index (κ3) is 2.42. The van der Waals surface area contributed by atoms with E-state index in [-0.39, 0.29) is 0 Å². The van der Waals surface area contributed by atoms with Crippen molar-refractivity contribution in [2.24, 2.45) is 0 Å². The van der Waals surface area contributed by atoms with Crippen molar-refractivity contribution in [1.82, 2.24) is 0 Å². The fourth-order valence-corrected chi connectivity index (χ4v) is 2.37. The van der Waals surface area contributed by atoms with Gasteiger partial charge in [0.05, 0.1) is 6.10 Å². The van der Waals surface area contributed by atoms with Crippen molar-refractivity contribution in [3.63, 3.8) is 0 Å². The molecular weight excluding hydrogens is 258 g/mol. The van der Waals surface area contributed by atoms with Crippen LogP contribution in [0.4, 0.5) is 4.39 Å². The van der Waals surface area contributed by atoms with Gasteiger partial charge in [0, 0.05) is 5.30 Å². The van der Waals surface area contributed by atoms with Gasteiger partial charge in [-0.1, -0.05) is 6.07 Å². The van der Waals surface area contributed by atoms with E-state index in [1.54, 1.807) is 6.92 Å². The standard InChI is InChI=1S/C12H16FO4P/c1-5-9(14)11(16)12(17-5)10(15)6-2-3-7(13)8(18)4-6/h2-5,9-12,14-16H,18H2,1H3. The van der Waals surface area contributed by atoms with Crippen molar-refractivity contribution in [1.29, 1.82) is 0 Å². The summed E-state index contributed by atoms with van der Waals surface area (Å²) in [7, 11) is 2.23. The summed E-state index contributed by atoms with van der Waals surface area (Å²) >= 11 is 0. The van der Waals surface area contributed by atoms with Crippen LogP contribution in [-0.2, 0) is 4.74 Å². The zero-order chi connectivity index (χ0) is 13.4. The lowest BCUT2D eigenvalue weighted by molar-refractivity contribution is -0.0635. The molecule has 0 aliphatic carbocycles. The molecule has 100 valence electrons. The van der Waals surface area contributed by atoms with Gasteiger partial charge in [-0.15, -0.1) is 9.24 Å². The Hall–Kier alpha value is -0.580. The molecule has 0 radical (unpaired) electrons. The number of aliphatic hydroxyl groups excluding tert-OH is 3. The van der Waals surface area contributed by atoms with Gasteiger partial charge in [0.1, 0.15) is 30.2 Å². The Bertz CT molecular complexity index is 442. The number of rotatable bonds is 2. The van der Waals surface area contributed by atoms with E-state index in [2.05, 4.69) is 9.24 Å². The SMILES string of the molecule is CC1OC(C(O)c2ccc(F)c(P)c2)C(O)C1O. The molecule has 0 bridgehead atoms. The number of hydrogen-bond acceptors (Lipinski definition) is 4. The lowest BCUT2D eigenvalue weighted by Crippen LogP contribution is -2.35. The van der Waals surface area contributed by atoms with Crippen molar-refractivity contribution < 1.29 is 24.4 Å². The molecule has 0 aromatic heterocycles. The second-order valence-electron chi connectivity index (χ2n) is 4.51. The second-order valence-corrected chi connectivity index (χ2v) is 5.13. The highest BCUT2D eigenvalue weighted by atomic mass is 31.0. The van der Waals surface area contributed by atoms with Gasteiger partial charge in [0.25, 0.3) is 0 Å². The van der Waals surface area contributed by atoms with E-state index < -0.39 is 36.3 Å². The summed E-state index contributed by atoms with van der Waals surface area (Å²) in [4.78, 5) is 0. The van der Waals surface area contributed by atoms with E-state index in [1.165, 1.54) is 18.2 Å². The van der Waals surface area contributed by atoms with Crippen molar-refractivity contribution in [3.8, 4) is 0 Å². The minimum absolute atomic E-state index is 0.327. The molecule has 1 heterocycles. The molecule has 1 aliphatic rings. The van der Waals surface area contributed by atoms with Crippen LogP contribution in [0, 0.1) is 5.82 Å². The lowest BCUT2D eigenvalue weighted by atomic mass is 9.99. The number of ether oxygens (including phenoxy) is 1. The van der Waals surface area contributed by atoms with E-state index >= 15 is 0 Å². The summed E-state index contributed by atoms with van der Waals surface area (Å²) in [5.74, 6) is -0.391. The predicted molar refractivity (Wildman–Crippen MR) is 67.1 cm³/mol. The maximum absolute atomic E-state index is 13.1. The molecule has 18 heavy (non-hydrogen) atoms. The monoisotopic (exact) mass is 274 g/mol. The molecule has 6 unspecified atom stereocenters. The molecular formula is C12H16FO4P. The summed E-state index contributed by atoms with van der Waals surface area (Å²) in [6.45, 7) is 1.62. The first-order chi connectivity index (χ1) is 8.41. The maximum atomic E-state index is 13.1. The Morgan fingerprint density at radius 3 is 2.50 bits per heavy atom. The second kappa shape index (κ2) is 5.19. The summed E-state index contributed by atoms with van der Waals surface area (Å²) in [5, 5.41) is 29.8. The summed E-state index contributed by atoms with van der Waals surface area (Å²) in [5.41, 5.74) is 0.437. The van der Waals surface area contributed by atoms with Crippen LogP contribution in [0.2, 0.25) is 0 Å². The first kappa shape index (κ1) is 13.8. The molecule has 1 aliphatic heterocycles. The molecule has 6 heteroatoms. The normalized spacial score (nSPS) is 33.7. The van der Waals surface area contributed by atoms with Gasteiger partial charge in [0.15, 0.2) is 0 Å². The van der Waals surface area contributed by atoms with Gasteiger partial charge in [0.2, 0.25) is 0 Å². The summed E-state index contributed by atoms with van der Waals surface area (Å²) in [6, 6.07) is 4.14. The van der Waals surface area contributed by atoms with Gasteiger partial charge >= 0.3 is 0 Å². The third-order valence-electron chi connectivity index (χ3n) is 3.21. The van der Waals surface area contributed by atoms with E-state index in [9.17, 15) is 19.7 Å². The molecule has 2 rings (SSSR count). The fraction of sp³-hybridized carbons (Fsp3) is 0.500. The number of aliphatic hydroxyl groups is 3. The third-order valence-corrected chi connectivity index (χ3v) is 3.65. The number of hydrogen-bond donors (Lipinski definition) is 3. The topological polar surface area (TPSA) is 69.9 Å². The van der Waals surface area contributed by atoms with Crippen LogP contribution in [0.1, 0.15) is 18.6 Å². The minimum atomic E-state index is -1.16. The van der Waals surface area contributed by atoms with Crippen LogP contribution in [0.3, 0.4) is 0 Å². The molecule has 1 saturated heterocycles. The van der Waals surface area contributed by atoms with Crippen molar-refractivity contribution in [2.75, 3.05) is 0 Å². The van der Waals surface area contributed by atoms with Gasteiger partial charge in [-0.2, -0.15) is 0 Å². The molecule has 4 nitrogen and oxygen atoms in total. The Labute approximate surface area is 107 Å². The predicted octanol–water partition coefficient (Wildman–Crippen LogP) is -0.131. The van der Waals surface area contributed by atoms with Crippen LogP contribution in [0.15, 0.2) is 18.2 Å². The first-order valence-electron chi connectivity index (χ1n) is 5.66. The highest BCUT2D eigenvalue weighted by molar-refractivity contribution is 7.27. The van der Waals surface area contributed by atoms with Crippen LogP contribution < -0.4 is 5.30 Å². The van der Waals surface area contributed by atoms with Crippen LogP contribution in [0.25, 0.3) is 0 Å². The largest absolute Gasteiger partial charge is 0.388 e. The maximum Gasteiger partial charge on any atom is 0.130 e. The molecule has 3 N–H and O–H groups in total. The lowest BCUT2D eigenvalue weighted by Gasteiger charge is -2.21. The van der Waals surface area contributed by atoms with Crippen LogP contribution in [-0.4, -0.2) is 39.7 Å². The van der Waals surface area contributed by atoms with E-state index in [1.807, 2.05) is 0 Å². The molecule has 1 fully saturated rings. The average molecular weight is 274 g/mol. The smallest absolute Gasteiger partial charge is 0.130 e. The molecule has 0 spiro atoms. The van der Waals surface area contributed by atoms with Crippen molar-refractivity contribution in [3.05, 3.63) is 29.6 Å². The van der Waals surface area contributed by atoms with Gasteiger partial charge in [-0.25, -0.2) is 4.39 Å². The Balaban J connectivity index is 2.21. The highest BCUT2D eigenvalue weighted by Gasteiger charge is 2.44. The van der Waals surface area contributed by atoms with E-state index in [0.717, 1.165) is 0 Å². The Kier molecular flexibility index (Phi) is 3.99. The van der Waals surface area contributed by atoms with Crippen LogP contribution in [0.5, 0.6) is 0 Å². The minimum Gasteiger partial charge on any atom is -0.388 e. The quantitative estimate of drug-likeness (QED) is 0.657. The first-order valence-corrected chi connectivity index (χ1v) is 6.24. The molecule has 0 saturated carbocycles. The zero-order valence-corrected chi connectivity index (χ0v) is 11.0. The fourth-order valence-electron chi connectivity index (χ4n) is 2.08.